The van der Waals surface area contributed by atoms with E-state index in [9.17, 15) is 4.79 Å². The van der Waals surface area contributed by atoms with Gasteiger partial charge in [-0.1, -0.05) is 12.5 Å². The van der Waals surface area contributed by atoms with Crippen LogP contribution in [0.3, 0.4) is 0 Å². The molecule has 19 heavy (non-hydrogen) atoms. The molecule has 0 saturated carbocycles. The van der Waals surface area contributed by atoms with Crippen molar-refractivity contribution in [2.75, 3.05) is 6.54 Å². The van der Waals surface area contributed by atoms with Crippen LogP contribution in [0, 0.1) is 6.92 Å². The Kier molecular flexibility index (Phi) is 4.91. The summed E-state index contributed by atoms with van der Waals surface area (Å²) in [5.74, 6) is -0.695. The SMILES string of the molecule is Cc1cccc(CN2CCCCC2CCC(=O)O)n1. The molecule has 0 bridgehead atoms. The zero-order chi connectivity index (χ0) is 13.7. The average Bonchev–Trinajstić information content (AvgIpc) is 2.38. The van der Waals surface area contributed by atoms with E-state index in [-0.39, 0.29) is 6.42 Å². The van der Waals surface area contributed by atoms with Crippen LogP contribution in [0.15, 0.2) is 18.2 Å². The number of pyridine rings is 1. The standard InChI is InChI=1S/C15H22N2O2/c1-12-5-4-6-13(16-12)11-17-10-3-2-7-14(17)8-9-15(18)19/h4-6,14H,2-3,7-11H2,1H3,(H,18,19). The van der Waals surface area contributed by atoms with Gasteiger partial charge in [-0.15, -0.1) is 0 Å². The molecule has 2 heterocycles. The van der Waals surface area contributed by atoms with Crippen LogP contribution in [0.5, 0.6) is 0 Å². The first-order valence-corrected chi connectivity index (χ1v) is 7.03. The summed E-state index contributed by atoms with van der Waals surface area (Å²) in [6.45, 7) is 3.90. The van der Waals surface area contributed by atoms with Crippen molar-refractivity contribution in [3.05, 3.63) is 29.6 Å². The second kappa shape index (κ2) is 6.66. The predicted molar refractivity (Wildman–Crippen MR) is 73.9 cm³/mol. The molecule has 2 rings (SSSR count). The second-order valence-electron chi connectivity index (χ2n) is 5.32. The Balaban J connectivity index is 1.97. The van der Waals surface area contributed by atoms with Crippen LogP contribution in [-0.2, 0) is 11.3 Å². The summed E-state index contributed by atoms with van der Waals surface area (Å²) < 4.78 is 0. The molecule has 0 radical (unpaired) electrons. The zero-order valence-electron chi connectivity index (χ0n) is 11.5. The van der Waals surface area contributed by atoms with Crippen molar-refractivity contribution in [3.8, 4) is 0 Å². The summed E-state index contributed by atoms with van der Waals surface area (Å²) in [4.78, 5) is 17.7. The molecule has 0 spiro atoms. The summed E-state index contributed by atoms with van der Waals surface area (Å²) in [6.07, 6.45) is 4.54. The van der Waals surface area contributed by atoms with E-state index >= 15 is 0 Å². The molecule has 1 unspecified atom stereocenters. The summed E-state index contributed by atoms with van der Waals surface area (Å²) in [7, 11) is 0. The molecule has 1 aliphatic rings. The normalized spacial score (nSPS) is 20.4. The van der Waals surface area contributed by atoms with Crippen LogP contribution in [0.25, 0.3) is 0 Å². The highest BCUT2D eigenvalue weighted by molar-refractivity contribution is 5.66. The highest BCUT2D eigenvalue weighted by Crippen LogP contribution is 2.22. The number of hydrogen-bond acceptors (Lipinski definition) is 3. The molecule has 4 nitrogen and oxygen atoms in total. The van der Waals surface area contributed by atoms with E-state index in [1.807, 2.05) is 19.1 Å². The quantitative estimate of drug-likeness (QED) is 0.886. The molecular weight excluding hydrogens is 240 g/mol. The van der Waals surface area contributed by atoms with E-state index in [0.717, 1.165) is 37.3 Å². The van der Waals surface area contributed by atoms with Crippen LogP contribution in [0.4, 0.5) is 0 Å². The molecule has 1 aromatic heterocycles. The van der Waals surface area contributed by atoms with Crippen molar-refractivity contribution < 1.29 is 9.90 Å². The number of nitrogens with zero attached hydrogens (tertiary/aromatic N) is 2. The molecule has 4 heteroatoms. The lowest BCUT2D eigenvalue weighted by molar-refractivity contribution is -0.137. The van der Waals surface area contributed by atoms with Crippen molar-refractivity contribution >= 4 is 5.97 Å². The predicted octanol–water partition coefficient (Wildman–Crippen LogP) is 2.61. The number of carbonyl (C=O) groups is 1. The molecule has 1 atom stereocenters. The van der Waals surface area contributed by atoms with Crippen molar-refractivity contribution in [3.63, 3.8) is 0 Å². The van der Waals surface area contributed by atoms with Gasteiger partial charge in [-0.2, -0.15) is 0 Å². The van der Waals surface area contributed by atoms with E-state index in [1.54, 1.807) is 0 Å². The van der Waals surface area contributed by atoms with Crippen molar-refractivity contribution in [1.29, 1.82) is 0 Å². The second-order valence-corrected chi connectivity index (χ2v) is 5.32. The van der Waals surface area contributed by atoms with E-state index in [1.165, 1.54) is 12.8 Å². The lowest BCUT2D eigenvalue weighted by Crippen LogP contribution is -2.39. The number of hydrogen-bond donors (Lipinski definition) is 1. The van der Waals surface area contributed by atoms with Crippen molar-refractivity contribution in [1.82, 2.24) is 9.88 Å². The van der Waals surface area contributed by atoms with Crippen LogP contribution in [-0.4, -0.2) is 33.5 Å². The van der Waals surface area contributed by atoms with E-state index < -0.39 is 5.97 Å². The minimum Gasteiger partial charge on any atom is -0.481 e. The van der Waals surface area contributed by atoms with Gasteiger partial charge in [0.05, 0.1) is 5.69 Å². The van der Waals surface area contributed by atoms with Crippen molar-refractivity contribution in [2.45, 2.75) is 51.6 Å². The molecule has 0 aliphatic carbocycles. The minimum absolute atomic E-state index is 0.266. The van der Waals surface area contributed by atoms with Gasteiger partial charge in [0.1, 0.15) is 0 Å². The Morgan fingerprint density at radius 2 is 2.32 bits per heavy atom. The Bertz CT molecular complexity index is 434. The summed E-state index contributed by atoms with van der Waals surface area (Å²) >= 11 is 0. The van der Waals surface area contributed by atoms with Crippen LogP contribution >= 0.6 is 0 Å². The maximum atomic E-state index is 10.7. The molecule has 0 aromatic carbocycles. The molecule has 1 saturated heterocycles. The summed E-state index contributed by atoms with van der Waals surface area (Å²) in [6, 6.07) is 6.48. The molecule has 1 aliphatic heterocycles. The van der Waals surface area contributed by atoms with Crippen LogP contribution < -0.4 is 0 Å². The molecule has 1 N–H and O–H groups in total. The first-order valence-electron chi connectivity index (χ1n) is 7.03. The first-order chi connectivity index (χ1) is 9.15. The molecule has 104 valence electrons. The fourth-order valence-electron chi connectivity index (χ4n) is 2.78. The highest BCUT2D eigenvalue weighted by Gasteiger charge is 2.23. The smallest absolute Gasteiger partial charge is 0.303 e. The van der Waals surface area contributed by atoms with E-state index in [4.69, 9.17) is 5.11 Å². The average molecular weight is 262 g/mol. The third kappa shape index (κ3) is 4.31. The van der Waals surface area contributed by atoms with Gasteiger partial charge < -0.3 is 5.11 Å². The fourth-order valence-corrected chi connectivity index (χ4v) is 2.78. The van der Waals surface area contributed by atoms with E-state index in [2.05, 4.69) is 16.0 Å². The number of piperidine rings is 1. The van der Waals surface area contributed by atoms with Gasteiger partial charge in [0, 0.05) is 24.7 Å². The summed E-state index contributed by atoms with van der Waals surface area (Å²) in [5, 5.41) is 8.83. The molecule has 1 fully saturated rings. The number of aliphatic carboxylic acids is 1. The van der Waals surface area contributed by atoms with Gasteiger partial charge in [-0.3, -0.25) is 14.7 Å². The number of rotatable bonds is 5. The van der Waals surface area contributed by atoms with E-state index in [0.29, 0.717) is 6.04 Å². The number of aromatic nitrogens is 1. The molecular formula is C15H22N2O2. The fraction of sp³-hybridized carbons (Fsp3) is 0.600. The van der Waals surface area contributed by atoms with Gasteiger partial charge in [0.2, 0.25) is 0 Å². The lowest BCUT2D eigenvalue weighted by Gasteiger charge is -2.35. The van der Waals surface area contributed by atoms with Crippen LogP contribution in [0.2, 0.25) is 0 Å². The maximum Gasteiger partial charge on any atom is 0.303 e. The maximum absolute atomic E-state index is 10.7. The molecule has 0 amide bonds. The topological polar surface area (TPSA) is 53.4 Å². The van der Waals surface area contributed by atoms with Gasteiger partial charge in [-0.05, 0) is 44.9 Å². The Morgan fingerprint density at radius 1 is 1.47 bits per heavy atom. The monoisotopic (exact) mass is 262 g/mol. The third-order valence-electron chi connectivity index (χ3n) is 3.75. The van der Waals surface area contributed by atoms with Gasteiger partial charge in [-0.25, -0.2) is 0 Å². The Morgan fingerprint density at radius 3 is 3.05 bits per heavy atom. The van der Waals surface area contributed by atoms with Gasteiger partial charge >= 0.3 is 5.97 Å². The largest absolute Gasteiger partial charge is 0.481 e. The van der Waals surface area contributed by atoms with Gasteiger partial charge in [0.15, 0.2) is 0 Å². The highest BCUT2D eigenvalue weighted by atomic mass is 16.4. The molecule has 1 aromatic rings. The Hall–Kier alpha value is -1.42. The van der Waals surface area contributed by atoms with Crippen LogP contribution in [0.1, 0.15) is 43.5 Å². The minimum atomic E-state index is -0.695. The first kappa shape index (κ1) is 14.0. The number of aryl methyl sites for hydroxylation is 1. The van der Waals surface area contributed by atoms with Crippen molar-refractivity contribution in [2.24, 2.45) is 0 Å². The summed E-state index contributed by atoms with van der Waals surface area (Å²) in [5.41, 5.74) is 2.12. The Labute approximate surface area is 114 Å². The number of carboxylic acids is 1. The third-order valence-corrected chi connectivity index (χ3v) is 3.75. The van der Waals surface area contributed by atoms with Gasteiger partial charge in [0.25, 0.3) is 0 Å². The number of likely N-dealkylation sites (tertiary alicyclic amines) is 1. The zero-order valence-corrected chi connectivity index (χ0v) is 11.5. The number of carboxylic acid groups (broad SMARTS) is 1. The lowest BCUT2D eigenvalue weighted by atomic mass is 9.97.